The van der Waals surface area contributed by atoms with Crippen LogP contribution in [0.4, 0.5) is 18.0 Å². The Morgan fingerprint density at radius 3 is 2.50 bits per heavy atom. The molecule has 0 aromatic heterocycles. The molecule has 0 aliphatic rings. The van der Waals surface area contributed by atoms with Crippen molar-refractivity contribution >= 4 is 12.2 Å². The first-order chi connectivity index (χ1) is 8.45. The second-order valence-electron chi connectivity index (χ2n) is 3.51. The Bertz CT molecular complexity index is 289. The zero-order chi connectivity index (χ0) is 13.9. The van der Waals surface area contributed by atoms with Gasteiger partial charge in [0.1, 0.15) is 0 Å². The van der Waals surface area contributed by atoms with Crippen LogP contribution in [0.1, 0.15) is 25.7 Å². The molecular formula is C10H15F3N2O3. The van der Waals surface area contributed by atoms with Crippen molar-refractivity contribution in [3.8, 4) is 0 Å². The number of halogens is 3. The van der Waals surface area contributed by atoms with E-state index in [-0.39, 0.29) is 6.54 Å². The number of alkyl carbamates (subject to hydrolysis) is 1. The fraction of sp³-hybridized carbons (Fsp3) is 0.800. The number of rotatable bonds is 8. The lowest BCUT2D eigenvalue weighted by Gasteiger charge is -2.08. The average molecular weight is 268 g/mol. The molecule has 0 spiro atoms. The van der Waals surface area contributed by atoms with Crippen molar-refractivity contribution in [1.82, 2.24) is 5.32 Å². The van der Waals surface area contributed by atoms with E-state index in [0.717, 1.165) is 19.3 Å². The lowest BCUT2D eigenvalue weighted by molar-refractivity contribution is -0.160. The number of nitrogens with one attached hydrogen (secondary N) is 1. The Hall–Kier alpha value is -1.56. The van der Waals surface area contributed by atoms with E-state index in [0.29, 0.717) is 13.0 Å². The Balaban J connectivity index is 3.33. The number of unbranched alkanes of at least 4 members (excludes halogenated alkanes) is 3. The number of alkyl halides is 3. The lowest BCUT2D eigenvalue weighted by atomic mass is 10.2. The molecule has 0 radical (unpaired) electrons. The summed E-state index contributed by atoms with van der Waals surface area (Å²) in [5, 5.41) is 2.21. The number of isocyanates is 1. The molecule has 1 N–H and O–H groups in total. The van der Waals surface area contributed by atoms with Crippen molar-refractivity contribution in [3.05, 3.63) is 0 Å². The minimum atomic E-state index is -4.50. The van der Waals surface area contributed by atoms with Crippen molar-refractivity contribution in [3.63, 3.8) is 0 Å². The van der Waals surface area contributed by atoms with Gasteiger partial charge < -0.3 is 10.1 Å². The number of aliphatic imine (C=N–C) groups is 1. The van der Waals surface area contributed by atoms with Gasteiger partial charge in [-0.15, -0.1) is 0 Å². The fourth-order valence-electron chi connectivity index (χ4n) is 1.10. The number of nitrogens with zero attached hydrogens (tertiary/aromatic N) is 1. The molecule has 8 heteroatoms. The van der Waals surface area contributed by atoms with E-state index < -0.39 is 18.9 Å². The van der Waals surface area contributed by atoms with Crippen molar-refractivity contribution in [1.29, 1.82) is 0 Å². The molecule has 0 heterocycles. The van der Waals surface area contributed by atoms with E-state index in [2.05, 4.69) is 15.0 Å². The average Bonchev–Trinajstić information content (AvgIpc) is 2.29. The molecule has 0 unspecified atom stereocenters. The van der Waals surface area contributed by atoms with Crippen LogP contribution in [-0.4, -0.2) is 38.0 Å². The highest BCUT2D eigenvalue weighted by atomic mass is 19.4. The summed E-state index contributed by atoms with van der Waals surface area (Å²) in [6.07, 6.45) is -1.17. The molecule has 0 aromatic carbocycles. The van der Waals surface area contributed by atoms with E-state index >= 15 is 0 Å². The van der Waals surface area contributed by atoms with Gasteiger partial charge in [0.25, 0.3) is 0 Å². The first kappa shape index (κ1) is 16.4. The summed E-state index contributed by atoms with van der Waals surface area (Å²) in [6.45, 7) is -0.902. The molecule has 18 heavy (non-hydrogen) atoms. The van der Waals surface area contributed by atoms with E-state index in [1.165, 1.54) is 6.08 Å². The molecule has 0 aliphatic carbocycles. The molecule has 0 aromatic rings. The lowest BCUT2D eigenvalue weighted by Crippen LogP contribution is -2.29. The maximum Gasteiger partial charge on any atom is 0.422 e. The number of carbonyl (C=O) groups is 1. The van der Waals surface area contributed by atoms with Crippen LogP contribution in [0.2, 0.25) is 0 Å². The summed E-state index contributed by atoms with van der Waals surface area (Å²) < 4.78 is 38.9. The molecule has 0 bridgehead atoms. The highest BCUT2D eigenvalue weighted by Gasteiger charge is 2.29. The van der Waals surface area contributed by atoms with Crippen LogP contribution in [-0.2, 0) is 9.53 Å². The maximum atomic E-state index is 11.7. The second kappa shape index (κ2) is 9.47. The van der Waals surface area contributed by atoms with Gasteiger partial charge in [-0.05, 0) is 12.8 Å². The highest BCUT2D eigenvalue weighted by molar-refractivity contribution is 5.67. The Morgan fingerprint density at radius 2 is 1.89 bits per heavy atom. The zero-order valence-electron chi connectivity index (χ0n) is 9.76. The molecule has 0 saturated carbocycles. The van der Waals surface area contributed by atoms with Gasteiger partial charge in [-0.2, -0.15) is 13.2 Å². The molecule has 5 nitrogen and oxygen atoms in total. The van der Waals surface area contributed by atoms with E-state index in [4.69, 9.17) is 0 Å². The number of amides is 1. The van der Waals surface area contributed by atoms with Crippen molar-refractivity contribution in [2.45, 2.75) is 31.9 Å². The number of carbonyl (C=O) groups excluding carboxylic acids is 2. The molecule has 0 rings (SSSR count). The minimum Gasteiger partial charge on any atom is -0.440 e. The van der Waals surface area contributed by atoms with Crippen molar-refractivity contribution in [2.24, 2.45) is 4.99 Å². The van der Waals surface area contributed by atoms with Gasteiger partial charge in [-0.25, -0.2) is 14.6 Å². The van der Waals surface area contributed by atoms with Gasteiger partial charge in [-0.3, -0.25) is 0 Å². The third kappa shape index (κ3) is 12.5. The SMILES string of the molecule is O=C=NCCCCCCNC(=O)OCC(F)(F)F. The van der Waals surface area contributed by atoms with Crippen LogP contribution in [0.5, 0.6) is 0 Å². The molecule has 1 amide bonds. The highest BCUT2D eigenvalue weighted by Crippen LogP contribution is 2.14. The Labute approximate surface area is 102 Å². The second-order valence-corrected chi connectivity index (χ2v) is 3.51. The van der Waals surface area contributed by atoms with E-state index in [1.54, 1.807) is 0 Å². The zero-order valence-corrected chi connectivity index (χ0v) is 9.76. The summed E-state index contributed by atoms with van der Waals surface area (Å²) in [5.74, 6) is 0. The Kier molecular flexibility index (Phi) is 8.65. The quantitative estimate of drug-likeness (QED) is 0.417. The van der Waals surface area contributed by atoms with Crippen LogP contribution in [0, 0.1) is 0 Å². The Morgan fingerprint density at radius 1 is 1.22 bits per heavy atom. The summed E-state index contributed by atoms with van der Waals surface area (Å²) in [5.41, 5.74) is 0. The van der Waals surface area contributed by atoms with Crippen molar-refractivity contribution in [2.75, 3.05) is 19.7 Å². The van der Waals surface area contributed by atoms with E-state index in [9.17, 15) is 22.8 Å². The third-order valence-electron chi connectivity index (χ3n) is 1.90. The number of ether oxygens (including phenoxy) is 1. The first-order valence-electron chi connectivity index (χ1n) is 5.46. The van der Waals surface area contributed by atoms with Crippen LogP contribution >= 0.6 is 0 Å². The minimum absolute atomic E-state index is 0.258. The van der Waals surface area contributed by atoms with Crippen molar-refractivity contribution < 1.29 is 27.5 Å². The predicted octanol–water partition coefficient (Wildman–Crippen LogP) is 2.17. The molecule has 104 valence electrons. The van der Waals surface area contributed by atoms with Gasteiger partial charge in [0.05, 0.1) is 6.54 Å². The monoisotopic (exact) mass is 268 g/mol. The molecule has 0 atom stereocenters. The van der Waals surface area contributed by atoms with Gasteiger partial charge >= 0.3 is 12.3 Å². The predicted molar refractivity (Wildman–Crippen MR) is 56.9 cm³/mol. The summed E-state index contributed by atoms with van der Waals surface area (Å²) >= 11 is 0. The van der Waals surface area contributed by atoms with Crippen LogP contribution < -0.4 is 5.32 Å². The summed E-state index contributed by atoms with van der Waals surface area (Å²) in [4.78, 5) is 23.8. The van der Waals surface area contributed by atoms with Gasteiger partial charge in [0.2, 0.25) is 6.08 Å². The topological polar surface area (TPSA) is 67.8 Å². The largest absolute Gasteiger partial charge is 0.440 e. The molecule has 0 saturated heterocycles. The smallest absolute Gasteiger partial charge is 0.422 e. The van der Waals surface area contributed by atoms with E-state index in [1.807, 2.05) is 0 Å². The fourth-order valence-corrected chi connectivity index (χ4v) is 1.10. The molecular weight excluding hydrogens is 253 g/mol. The van der Waals surface area contributed by atoms with Gasteiger partial charge in [0, 0.05) is 6.54 Å². The molecule has 0 fully saturated rings. The summed E-state index contributed by atoms with van der Waals surface area (Å²) in [7, 11) is 0. The van der Waals surface area contributed by atoms with Gasteiger partial charge in [-0.1, -0.05) is 12.8 Å². The normalized spacial score (nSPS) is 10.6. The standard InChI is InChI=1S/C10H15F3N2O3/c11-10(12,13)7-18-9(17)15-6-4-2-1-3-5-14-8-16/h1-7H2,(H,15,17). The van der Waals surface area contributed by atoms with Gasteiger partial charge in [0.15, 0.2) is 6.61 Å². The summed E-state index contributed by atoms with van der Waals surface area (Å²) in [6, 6.07) is 0. The number of hydrogen-bond donors (Lipinski definition) is 1. The van der Waals surface area contributed by atoms with Crippen LogP contribution in [0.15, 0.2) is 4.99 Å². The van der Waals surface area contributed by atoms with Crippen LogP contribution in [0.3, 0.4) is 0 Å². The third-order valence-corrected chi connectivity index (χ3v) is 1.90. The van der Waals surface area contributed by atoms with Crippen LogP contribution in [0.25, 0.3) is 0 Å². The number of hydrogen-bond acceptors (Lipinski definition) is 4. The first-order valence-corrected chi connectivity index (χ1v) is 5.46. The maximum absolute atomic E-state index is 11.7. The molecule has 0 aliphatic heterocycles.